The van der Waals surface area contributed by atoms with Crippen LogP contribution in [-0.4, -0.2) is 11.6 Å². The van der Waals surface area contributed by atoms with Crippen molar-refractivity contribution in [2.24, 2.45) is 5.92 Å². The molecule has 1 unspecified atom stereocenters. The summed E-state index contributed by atoms with van der Waals surface area (Å²) in [6.07, 6.45) is 21.2. The van der Waals surface area contributed by atoms with Crippen molar-refractivity contribution >= 4 is 5.97 Å². The van der Waals surface area contributed by atoms with Gasteiger partial charge in [-0.15, -0.1) is 6.58 Å². The Balaban J connectivity index is 0. The maximum Gasteiger partial charge on any atom is 0.306 e. The molecule has 0 radical (unpaired) electrons. The number of rotatable bonds is 20. The molecule has 174 valence electrons. The summed E-state index contributed by atoms with van der Waals surface area (Å²) in [5.41, 5.74) is -0.233. The lowest BCUT2D eigenvalue weighted by Gasteiger charge is -2.39. The highest BCUT2D eigenvalue weighted by Crippen LogP contribution is 2.37. The van der Waals surface area contributed by atoms with Gasteiger partial charge in [0.15, 0.2) is 0 Å². The molecule has 3 nitrogen and oxygen atoms in total. The normalized spacial score (nSPS) is 12.3. The molecule has 0 heterocycles. The lowest BCUT2D eigenvalue weighted by Crippen LogP contribution is -2.42. The summed E-state index contributed by atoms with van der Waals surface area (Å²) in [7, 11) is 0. The van der Waals surface area contributed by atoms with E-state index >= 15 is 0 Å². The van der Waals surface area contributed by atoms with Crippen LogP contribution in [0.2, 0.25) is 0 Å². The van der Waals surface area contributed by atoms with Crippen molar-refractivity contribution in [3.05, 3.63) is 12.7 Å². The van der Waals surface area contributed by atoms with Crippen LogP contribution in [0.1, 0.15) is 137 Å². The number of unbranched alkanes of at least 4 members (excludes halogenated alkanes) is 9. The zero-order valence-corrected chi connectivity index (χ0v) is 20.4. The zero-order valence-electron chi connectivity index (χ0n) is 20.4. The minimum Gasteiger partial charge on any atom is -0.459 e. The molecule has 1 atom stereocenters. The highest BCUT2D eigenvalue weighted by molar-refractivity contribution is 5.69. The van der Waals surface area contributed by atoms with Gasteiger partial charge in [0.1, 0.15) is 5.60 Å². The third kappa shape index (κ3) is 14.7. The van der Waals surface area contributed by atoms with Gasteiger partial charge < -0.3 is 10.9 Å². The summed E-state index contributed by atoms with van der Waals surface area (Å²) in [6.45, 7) is 12.8. The molecule has 0 saturated heterocycles. The van der Waals surface area contributed by atoms with E-state index in [9.17, 15) is 4.79 Å². The van der Waals surface area contributed by atoms with Crippen LogP contribution in [0.25, 0.3) is 0 Å². The van der Waals surface area contributed by atoms with Gasteiger partial charge in [-0.2, -0.15) is 0 Å². The van der Waals surface area contributed by atoms with Crippen LogP contribution in [-0.2, 0) is 9.53 Å². The van der Waals surface area contributed by atoms with Gasteiger partial charge in [0.2, 0.25) is 0 Å². The van der Waals surface area contributed by atoms with Crippen molar-refractivity contribution in [1.82, 2.24) is 6.15 Å². The van der Waals surface area contributed by atoms with Crippen molar-refractivity contribution in [3.8, 4) is 0 Å². The largest absolute Gasteiger partial charge is 0.459 e. The second-order valence-corrected chi connectivity index (χ2v) is 8.74. The van der Waals surface area contributed by atoms with Crippen LogP contribution >= 0.6 is 0 Å². The molecule has 0 aromatic carbocycles. The first kappa shape index (κ1) is 30.4. The predicted octanol–water partition coefficient (Wildman–Crippen LogP) is 8.94. The average molecular weight is 412 g/mol. The van der Waals surface area contributed by atoms with E-state index in [1.807, 2.05) is 6.08 Å². The Bertz CT molecular complexity index is 373. The number of allylic oxidation sites excluding steroid dienone is 1. The summed E-state index contributed by atoms with van der Waals surface area (Å²) in [4.78, 5) is 12.7. The highest BCUT2D eigenvalue weighted by atomic mass is 16.6. The number of hydrogen-bond acceptors (Lipinski definition) is 3. The SMILES string of the molecule is C=CCCCCCCCCC(=O)OC(CCCC)(CCCC)C(C)CCCC.N. The number of esters is 1. The fraction of sp³-hybridized carbons (Fsp3) is 0.885. The van der Waals surface area contributed by atoms with Gasteiger partial charge in [0.05, 0.1) is 0 Å². The molecule has 29 heavy (non-hydrogen) atoms. The molecule has 0 spiro atoms. The first-order valence-electron chi connectivity index (χ1n) is 12.4. The van der Waals surface area contributed by atoms with Crippen molar-refractivity contribution < 1.29 is 9.53 Å². The standard InChI is InChI=1S/C26H50O2.H3N/c1-6-10-14-15-16-17-18-19-21-25(27)28-26(22-12-8-3,23-13-9-4)24(5)20-11-7-2;/h6,24H,1,7-23H2,2-5H3;1H3. The first-order valence-corrected chi connectivity index (χ1v) is 12.4. The van der Waals surface area contributed by atoms with E-state index in [1.165, 1.54) is 44.9 Å². The Morgan fingerprint density at radius 2 is 1.38 bits per heavy atom. The lowest BCUT2D eigenvalue weighted by atomic mass is 9.77. The molecule has 0 saturated carbocycles. The number of carbonyl (C=O) groups excluding carboxylic acids is 1. The Labute approximate surface area is 183 Å². The van der Waals surface area contributed by atoms with E-state index in [4.69, 9.17) is 4.74 Å². The Kier molecular flexibility index (Phi) is 21.4. The van der Waals surface area contributed by atoms with Gasteiger partial charge >= 0.3 is 5.97 Å². The van der Waals surface area contributed by atoms with E-state index in [-0.39, 0.29) is 17.7 Å². The highest BCUT2D eigenvalue weighted by Gasteiger charge is 2.38. The van der Waals surface area contributed by atoms with Crippen molar-refractivity contribution in [2.75, 3.05) is 0 Å². The van der Waals surface area contributed by atoms with E-state index < -0.39 is 0 Å². The third-order valence-electron chi connectivity index (χ3n) is 6.15. The topological polar surface area (TPSA) is 61.3 Å². The number of hydrogen-bond donors (Lipinski definition) is 1. The molecule has 0 fully saturated rings. The van der Waals surface area contributed by atoms with Crippen LogP contribution < -0.4 is 6.15 Å². The molecule has 0 aliphatic heterocycles. The molecule has 0 aliphatic carbocycles. The minimum atomic E-state index is -0.233. The van der Waals surface area contributed by atoms with Crippen LogP contribution in [0.3, 0.4) is 0 Å². The van der Waals surface area contributed by atoms with E-state index in [2.05, 4.69) is 34.3 Å². The van der Waals surface area contributed by atoms with Crippen molar-refractivity contribution in [2.45, 2.75) is 142 Å². The fourth-order valence-electron chi connectivity index (χ4n) is 4.09. The number of carbonyl (C=O) groups is 1. The van der Waals surface area contributed by atoms with Crippen molar-refractivity contribution in [1.29, 1.82) is 0 Å². The molecule has 3 N–H and O–H groups in total. The van der Waals surface area contributed by atoms with E-state index in [0.29, 0.717) is 12.3 Å². The monoisotopic (exact) mass is 411 g/mol. The second kappa shape index (κ2) is 20.4. The second-order valence-electron chi connectivity index (χ2n) is 8.74. The zero-order chi connectivity index (χ0) is 21.1. The van der Waals surface area contributed by atoms with Crippen LogP contribution in [0.4, 0.5) is 0 Å². The van der Waals surface area contributed by atoms with Gasteiger partial charge in [-0.1, -0.05) is 85.1 Å². The van der Waals surface area contributed by atoms with Gasteiger partial charge in [0.25, 0.3) is 0 Å². The molecule has 0 aromatic heterocycles. The van der Waals surface area contributed by atoms with Gasteiger partial charge in [-0.3, -0.25) is 4.79 Å². The Hall–Kier alpha value is -0.830. The van der Waals surface area contributed by atoms with Gasteiger partial charge in [-0.25, -0.2) is 0 Å². The molecule has 0 rings (SSSR count). The minimum absolute atomic E-state index is 0. The summed E-state index contributed by atoms with van der Waals surface area (Å²) < 4.78 is 6.31. The average Bonchev–Trinajstić information content (AvgIpc) is 2.70. The summed E-state index contributed by atoms with van der Waals surface area (Å²) in [6, 6.07) is 0. The van der Waals surface area contributed by atoms with Crippen LogP contribution in [0.15, 0.2) is 12.7 Å². The predicted molar refractivity (Wildman–Crippen MR) is 129 cm³/mol. The maximum absolute atomic E-state index is 12.7. The molecule has 3 heteroatoms. The van der Waals surface area contributed by atoms with Crippen molar-refractivity contribution in [3.63, 3.8) is 0 Å². The number of ether oxygens (including phenoxy) is 1. The molecule has 0 aliphatic rings. The lowest BCUT2D eigenvalue weighted by molar-refractivity contribution is -0.169. The summed E-state index contributed by atoms with van der Waals surface area (Å²) in [5.74, 6) is 0.501. The maximum atomic E-state index is 12.7. The summed E-state index contributed by atoms with van der Waals surface area (Å²) >= 11 is 0. The third-order valence-corrected chi connectivity index (χ3v) is 6.15. The Morgan fingerprint density at radius 1 is 0.862 bits per heavy atom. The first-order chi connectivity index (χ1) is 13.6. The molecule has 0 aromatic rings. The molecule has 0 bridgehead atoms. The van der Waals surface area contributed by atoms with Gasteiger partial charge in [-0.05, 0) is 57.3 Å². The van der Waals surface area contributed by atoms with Crippen LogP contribution in [0, 0.1) is 5.92 Å². The van der Waals surface area contributed by atoms with Gasteiger partial charge in [0, 0.05) is 6.42 Å². The fourth-order valence-corrected chi connectivity index (χ4v) is 4.09. The van der Waals surface area contributed by atoms with E-state index in [0.717, 1.165) is 57.8 Å². The smallest absolute Gasteiger partial charge is 0.306 e. The molecule has 0 amide bonds. The van der Waals surface area contributed by atoms with E-state index in [1.54, 1.807) is 0 Å². The summed E-state index contributed by atoms with van der Waals surface area (Å²) in [5, 5.41) is 0. The Morgan fingerprint density at radius 3 is 1.90 bits per heavy atom. The van der Waals surface area contributed by atoms with Crippen LogP contribution in [0.5, 0.6) is 0 Å². The quantitative estimate of drug-likeness (QED) is 0.123. The molecular formula is C26H53NO2. The molecular weight excluding hydrogens is 358 g/mol.